The van der Waals surface area contributed by atoms with E-state index in [1.165, 1.54) is 17.1 Å². The molecular formula is C19H22N2O2S. The summed E-state index contributed by atoms with van der Waals surface area (Å²) in [7, 11) is 0. The van der Waals surface area contributed by atoms with Gasteiger partial charge in [-0.15, -0.1) is 0 Å². The molecule has 1 aliphatic rings. The molecule has 0 radical (unpaired) electrons. The summed E-state index contributed by atoms with van der Waals surface area (Å²) in [5.74, 6) is 1.95. The highest BCUT2D eigenvalue weighted by atomic mass is 32.2. The summed E-state index contributed by atoms with van der Waals surface area (Å²) in [6.07, 6.45) is -1.16. The Labute approximate surface area is 146 Å². The lowest BCUT2D eigenvalue weighted by atomic mass is 10.1. The normalized spacial score (nSPS) is 16.5. The standard InChI is InChI=1S/C19H22N2O2S/c22-18(16-6-2-1-3-7-16)19(23)20-17-8-4-5-15(13-17)14-21-9-11-24-12-10-21/h1-8,13,18,22H,9-12,14H2,(H,20,23). The number of anilines is 1. The van der Waals surface area contributed by atoms with Gasteiger partial charge in [0.05, 0.1) is 0 Å². The van der Waals surface area contributed by atoms with Crippen molar-refractivity contribution in [1.29, 1.82) is 0 Å². The molecule has 3 rings (SSSR count). The van der Waals surface area contributed by atoms with Gasteiger partial charge in [0, 0.05) is 36.8 Å². The van der Waals surface area contributed by atoms with Crippen molar-refractivity contribution in [3.05, 3.63) is 65.7 Å². The Kier molecular flexibility index (Phi) is 5.91. The number of hydrogen-bond acceptors (Lipinski definition) is 4. The third kappa shape index (κ3) is 4.60. The Balaban J connectivity index is 1.62. The van der Waals surface area contributed by atoms with Crippen LogP contribution in [0.25, 0.3) is 0 Å². The SMILES string of the molecule is O=C(Nc1cccc(CN2CCSCC2)c1)C(O)c1ccccc1. The molecule has 2 aromatic rings. The molecule has 1 unspecified atom stereocenters. The van der Waals surface area contributed by atoms with Crippen molar-refractivity contribution in [2.24, 2.45) is 0 Å². The van der Waals surface area contributed by atoms with E-state index in [0.717, 1.165) is 25.3 Å². The second-order valence-electron chi connectivity index (χ2n) is 5.89. The Morgan fingerprint density at radius 2 is 1.88 bits per heavy atom. The molecule has 0 bridgehead atoms. The monoisotopic (exact) mass is 342 g/mol. The average Bonchev–Trinajstić information content (AvgIpc) is 2.63. The van der Waals surface area contributed by atoms with Crippen LogP contribution in [0.3, 0.4) is 0 Å². The molecule has 24 heavy (non-hydrogen) atoms. The number of hydrogen-bond donors (Lipinski definition) is 2. The fourth-order valence-electron chi connectivity index (χ4n) is 2.76. The maximum Gasteiger partial charge on any atom is 0.257 e. The predicted molar refractivity (Wildman–Crippen MR) is 99.1 cm³/mol. The van der Waals surface area contributed by atoms with Crippen molar-refractivity contribution < 1.29 is 9.90 Å². The van der Waals surface area contributed by atoms with Crippen LogP contribution in [0.1, 0.15) is 17.2 Å². The topological polar surface area (TPSA) is 52.6 Å². The van der Waals surface area contributed by atoms with E-state index < -0.39 is 12.0 Å². The molecule has 1 aliphatic heterocycles. The lowest BCUT2D eigenvalue weighted by Gasteiger charge is -2.26. The predicted octanol–water partition coefficient (Wildman–Crippen LogP) is 2.91. The van der Waals surface area contributed by atoms with Crippen molar-refractivity contribution in [3.8, 4) is 0 Å². The molecule has 2 aromatic carbocycles. The van der Waals surface area contributed by atoms with Crippen molar-refractivity contribution in [3.63, 3.8) is 0 Å². The van der Waals surface area contributed by atoms with E-state index in [4.69, 9.17) is 0 Å². The lowest BCUT2D eigenvalue weighted by molar-refractivity contribution is -0.124. The van der Waals surface area contributed by atoms with E-state index in [2.05, 4.69) is 16.3 Å². The van der Waals surface area contributed by atoms with Crippen LogP contribution in [-0.4, -0.2) is 40.5 Å². The van der Waals surface area contributed by atoms with Crippen LogP contribution in [0.15, 0.2) is 54.6 Å². The Morgan fingerprint density at radius 1 is 1.12 bits per heavy atom. The van der Waals surface area contributed by atoms with Gasteiger partial charge in [0.1, 0.15) is 0 Å². The largest absolute Gasteiger partial charge is 0.378 e. The van der Waals surface area contributed by atoms with Crippen molar-refractivity contribution in [2.45, 2.75) is 12.6 Å². The van der Waals surface area contributed by atoms with Gasteiger partial charge in [0.2, 0.25) is 0 Å². The number of rotatable bonds is 5. The summed E-state index contributed by atoms with van der Waals surface area (Å²) in [4.78, 5) is 14.7. The zero-order chi connectivity index (χ0) is 16.8. The third-order valence-corrected chi connectivity index (χ3v) is 5.01. The maximum atomic E-state index is 12.2. The van der Waals surface area contributed by atoms with Gasteiger partial charge < -0.3 is 10.4 Å². The van der Waals surface area contributed by atoms with Crippen LogP contribution in [0.2, 0.25) is 0 Å². The zero-order valence-electron chi connectivity index (χ0n) is 13.5. The molecule has 1 saturated heterocycles. The summed E-state index contributed by atoms with van der Waals surface area (Å²) in [6.45, 7) is 3.10. The van der Waals surface area contributed by atoms with Crippen LogP contribution >= 0.6 is 11.8 Å². The molecule has 2 N–H and O–H groups in total. The van der Waals surface area contributed by atoms with Crippen LogP contribution in [0.4, 0.5) is 5.69 Å². The number of nitrogens with zero attached hydrogens (tertiary/aromatic N) is 1. The molecule has 1 amide bonds. The van der Waals surface area contributed by atoms with E-state index in [1.807, 2.05) is 48.2 Å². The smallest absolute Gasteiger partial charge is 0.257 e. The minimum atomic E-state index is -1.16. The fourth-order valence-corrected chi connectivity index (χ4v) is 3.74. The van der Waals surface area contributed by atoms with E-state index >= 15 is 0 Å². The van der Waals surface area contributed by atoms with Crippen LogP contribution in [-0.2, 0) is 11.3 Å². The quantitative estimate of drug-likeness (QED) is 0.877. The van der Waals surface area contributed by atoms with Crippen molar-refractivity contribution >= 4 is 23.4 Å². The number of carbonyl (C=O) groups is 1. The van der Waals surface area contributed by atoms with Crippen LogP contribution in [0, 0.1) is 0 Å². The van der Waals surface area contributed by atoms with Gasteiger partial charge >= 0.3 is 0 Å². The molecule has 0 saturated carbocycles. The first-order valence-electron chi connectivity index (χ1n) is 8.15. The van der Waals surface area contributed by atoms with Gasteiger partial charge in [0.25, 0.3) is 5.91 Å². The Morgan fingerprint density at radius 3 is 2.62 bits per heavy atom. The van der Waals surface area contributed by atoms with Crippen molar-refractivity contribution in [2.75, 3.05) is 29.9 Å². The summed E-state index contributed by atoms with van der Waals surface area (Å²) < 4.78 is 0. The minimum absolute atomic E-state index is 0.410. The minimum Gasteiger partial charge on any atom is -0.378 e. The van der Waals surface area contributed by atoms with Crippen molar-refractivity contribution in [1.82, 2.24) is 4.90 Å². The Bertz CT molecular complexity index is 672. The maximum absolute atomic E-state index is 12.2. The number of carbonyl (C=O) groups excluding carboxylic acids is 1. The molecule has 1 heterocycles. The summed E-state index contributed by atoms with van der Waals surface area (Å²) in [5.41, 5.74) is 2.49. The first-order chi connectivity index (χ1) is 11.7. The number of aliphatic hydroxyl groups excluding tert-OH is 1. The molecule has 126 valence electrons. The highest BCUT2D eigenvalue weighted by Crippen LogP contribution is 2.18. The summed E-state index contributed by atoms with van der Waals surface area (Å²) in [5, 5.41) is 13.0. The third-order valence-electron chi connectivity index (χ3n) is 4.07. The van der Waals surface area contributed by atoms with Gasteiger partial charge in [-0.3, -0.25) is 9.69 Å². The Hall–Kier alpha value is -1.82. The molecule has 4 nitrogen and oxygen atoms in total. The van der Waals surface area contributed by atoms with Gasteiger partial charge in [-0.2, -0.15) is 11.8 Å². The molecule has 1 fully saturated rings. The first-order valence-corrected chi connectivity index (χ1v) is 9.31. The lowest BCUT2D eigenvalue weighted by Crippen LogP contribution is -2.32. The number of nitrogens with one attached hydrogen (secondary N) is 1. The molecular weight excluding hydrogens is 320 g/mol. The number of thioether (sulfide) groups is 1. The van der Waals surface area contributed by atoms with Crippen LogP contribution in [0.5, 0.6) is 0 Å². The molecule has 5 heteroatoms. The second kappa shape index (κ2) is 8.33. The van der Waals surface area contributed by atoms with Gasteiger partial charge in [0.15, 0.2) is 6.10 Å². The highest BCUT2D eigenvalue weighted by Gasteiger charge is 2.17. The second-order valence-corrected chi connectivity index (χ2v) is 7.12. The molecule has 0 aliphatic carbocycles. The van der Waals surface area contributed by atoms with Gasteiger partial charge in [-0.25, -0.2) is 0 Å². The fraction of sp³-hybridized carbons (Fsp3) is 0.316. The molecule has 1 atom stereocenters. The highest BCUT2D eigenvalue weighted by molar-refractivity contribution is 7.99. The van der Waals surface area contributed by atoms with E-state index in [9.17, 15) is 9.90 Å². The molecule has 0 aromatic heterocycles. The number of benzene rings is 2. The number of amides is 1. The van der Waals surface area contributed by atoms with Gasteiger partial charge in [-0.1, -0.05) is 42.5 Å². The van der Waals surface area contributed by atoms with E-state index in [0.29, 0.717) is 5.56 Å². The number of aliphatic hydroxyl groups is 1. The average molecular weight is 342 g/mol. The van der Waals surface area contributed by atoms with Crippen LogP contribution < -0.4 is 5.32 Å². The summed E-state index contributed by atoms with van der Waals surface area (Å²) >= 11 is 2.00. The first kappa shape index (κ1) is 17.0. The van der Waals surface area contributed by atoms with E-state index in [1.54, 1.807) is 12.1 Å². The molecule has 0 spiro atoms. The zero-order valence-corrected chi connectivity index (χ0v) is 14.3. The van der Waals surface area contributed by atoms with E-state index in [-0.39, 0.29) is 0 Å². The van der Waals surface area contributed by atoms with Gasteiger partial charge in [-0.05, 0) is 23.3 Å². The summed E-state index contributed by atoms with van der Waals surface area (Å²) in [6, 6.07) is 16.8.